The van der Waals surface area contributed by atoms with Gasteiger partial charge in [0.05, 0.1) is 6.61 Å². The highest BCUT2D eigenvalue weighted by Gasteiger charge is 2.06. The molecule has 0 fully saturated rings. The molecule has 6 heteroatoms. The molecule has 0 aliphatic rings. The molecule has 0 unspecified atom stereocenters. The number of hydrogen-bond donors (Lipinski definition) is 1. The molecule has 1 aromatic carbocycles. The molecule has 0 aliphatic heterocycles. The van der Waals surface area contributed by atoms with Gasteiger partial charge in [0.15, 0.2) is 5.16 Å². The molecule has 2 heterocycles. The summed E-state index contributed by atoms with van der Waals surface area (Å²) in [7, 11) is 0. The van der Waals surface area contributed by atoms with Gasteiger partial charge < -0.3 is 9.72 Å². The lowest BCUT2D eigenvalue weighted by atomic mass is 10.1. The number of thioether (sulfide) groups is 1. The van der Waals surface area contributed by atoms with Crippen LogP contribution in [0, 0.1) is 13.8 Å². The summed E-state index contributed by atoms with van der Waals surface area (Å²) < 4.78 is 5.72. The van der Waals surface area contributed by atoms with Crippen molar-refractivity contribution >= 4 is 11.8 Å². The van der Waals surface area contributed by atoms with E-state index in [1.807, 2.05) is 38.2 Å². The highest BCUT2D eigenvalue weighted by molar-refractivity contribution is 7.99. The molecule has 164 valence electrons. The zero-order valence-corrected chi connectivity index (χ0v) is 19.2. The first-order chi connectivity index (χ1) is 15.1. The number of pyridine rings is 1. The quantitative estimate of drug-likeness (QED) is 0.238. The topological polar surface area (TPSA) is 67.9 Å². The first kappa shape index (κ1) is 23.2. The van der Waals surface area contributed by atoms with Crippen LogP contribution in [0.3, 0.4) is 0 Å². The number of aryl methyl sites for hydroxylation is 2. The third-order valence-electron chi connectivity index (χ3n) is 5.17. The molecule has 2 aromatic heterocycles. The van der Waals surface area contributed by atoms with Gasteiger partial charge in [0, 0.05) is 42.4 Å². The number of H-pyrrole nitrogens is 1. The van der Waals surface area contributed by atoms with E-state index in [4.69, 9.17) is 4.74 Å². The summed E-state index contributed by atoms with van der Waals surface area (Å²) in [5, 5.41) is 0.693. The van der Waals surface area contributed by atoms with E-state index < -0.39 is 0 Å². The van der Waals surface area contributed by atoms with Crippen molar-refractivity contribution in [2.45, 2.75) is 57.7 Å². The molecule has 0 saturated carbocycles. The van der Waals surface area contributed by atoms with Crippen LogP contribution in [-0.4, -0.2) is 27.3 Å². The molecular weight excluding hydrogens is 406 g/mol. The molecule has 0 spiro atoms. The third-order valence-corrected chi connectivity index (χ3v) is 6.15. The number of ether oxygens (including phenoxy) is 1. The molecule has 0 aliphatic carbocycles. The monoisotopic (exact) mass is 437 g/mol. The van der Waals surface area contributed by atoms with Gasteiger partial charge >= 0.3 is 0 Å². The minimum atomic E-state index is -0.0636. The molecule has 1 N–H and O–H groups in total. The van der Waals surface area contributed by atoms with Crippen molar-refractivity contribution in [2.24, 2.45) is 0 Å². The Labute approximate surface area is 188 Å². The van der Waals surface area contributed by atoms with Gasteiger partial charge in [-0.1, -0.05) is 61.0 Å². The Balaban J connectivity index is 1.30. The van der Waals surface area contributed by atoms with E-state index in [-0.39, 0.29) is 5.56 Å². The summed E-state index contributed by atoms with van der Waals surface area (Å²) in [5.41, 5.74) is 5.01. The second kappa shape index (κ2) is 12.4. The molecular formula is C25H31N3O2S. The van der Waals surface area contributed by atoms with Crippen molar-refractivity contribution in [1.82, 2.24) is 15.0 Å². The van der Waals surface area contributed by atoms with Crippen LogP contribution >= 0.6 is 11.8 Å². The van der Waals surface area contributed by atoms with Crippen molar-refractivity contribution < 1.29 is 4.74 Å². The van der Waals surface area contributed by atoms with E-state index in [0.29, 0.717) is 23.7 Å². The van der Waals surface area contributed by atoms with Gasteiger partial charge in [-0.15, -0.1) is 0 Å². The summed E-state index contributed by atoms with van der Waals surface area (Å²) in [6.07, 6.45) is 8.56. The summed E-state index contributed by atoms with van der Waals surface area (Å²) in [6, 6.07) is 12.3. The molecule has 0 saturated heterocycles. The van der Waals surface area contributed by atoms with E-state index in [9.17, 15) is 4.79 Å². The SMILES string of the molecule is Cc1cc(Cc2cnc(SCCCCCCOCc3ccccc3)[nH]c2=O)cnc1C. The molecule has 0 amide bonds. The van der Waals surface area contributed by atoms with Crippen LogP contribution in [0.5, 0.6) is 0 Å². The Hall–Kier alpha value is -2.44. The van der Waals surface area contributed by atoms with Crippen LogP contribution in [-0.2, 0) is 17.8 Å². The summed E-state index contributed by atoms with van der Waals surface area (Å²) in [4.78, 5) is 24.1. The van der Waals surface area contributed by atoms with Gasteiger partial charge in [-0.2, -0.15) is 0 Å². The van der Waals surface area contributed by atoms with Gasteiger partial charge in [-0.05, 0) is 43.4 Å². The Kier molecular flexibility index (Phi) is 9.31. The van der Waals surface area contributed by atoms with Crippen LogP contribution in [0.15, 0.2) is 58.7 Å². The lowest BCUT2D eigenvalue weighted by Crippen LogP contribution is -2.15. The molecule has 3 aromatic rings. The lowest BCUT2D eigenvalue weighted by Gasteiger charge is -2.06. The number of aromatic nitrogens is 3. The smallest absolute Gasteiger partial charge is 0.255 e. The van der Waals surface area contributed by atoms with Gasteiger partial charge in [0.1, 0.15) is 0 Å². The van der Waals surface area contributed by atoms with E-state index in [0.717, 1.165) is 54.9 Å². The van der Waals surface area contributed by atoms with Gasteiger partial charge in [0.2, 0.25) is 0 Å². The third kappa shape index (κ3) is 7.96. The molecule has 0 atom stereocenters. The van der Waals surface area contributed by atoms with E-state index >= 15 is 0 Å². The first-order valence-electron chi connectivity index (χ1n) is 10.9. The zero-order valence-electron chi connectivity index (χ0n) is 18.4. The average Bonchev–Trinajstić information content (AvgIpc) is 2.77. The Bertz CT molecular complexity index is 1010. The van der Waals surface area contributed by atoms with E-state index in [1.165, 1.54) is 5.56 Å². The van der Waals surface area contributed by atoms with Crippen LogP contribution < -0.4 is 5.56 Å². The number of hydrogen-bond acceptors (Lipinski definition) is 5. The Morgan fingerprint density at radius 2 is 1.77 bits per heavy atom. The number of aromatic amines is 1. The van der Waals surface area contributed by atoms with Crippen LogP contribution in [0.4, 0.5) is 0 Å². The molecule has 0 radical (unpaired) electrons. The van der Waals surface area contributed by atoms with Gasteiger partial charge in [-0.25, -0.2) is 4.98 Å². The summed E-state index contributed by atoms with van der Waals surface area (Å²) >= 11 is 1.61. The predicted octanol–water partition coefficient (Wildman–Crippen LogP) is 5.24. The lowest BCUT2D eigenvalue weighted by molar-refractivity contribution is 0.117. The number of benzene rings is 1. The Morgan fingerprint density at radius 3 is 2.55 bits per heavy atom. The van der Waals surface area contributed by atoms with Crippen molar-refractivity contribution in [1.29, 1.82) is 0 Å². The van der Waals surface area contributed by atoms with Crippen LogP contribution in [0.1, 0.15) is 53.6 Å². The first-order valence-corrected chi connectivity index (χ1v) is 11.8. The van der Waals surface area contributed by atoms with Crippen molar-refractivity contribution in [3.8, 4) is 0 Å². The minimum Gasteiger partial charge on any atom is -0.377 e. The molecule has 0 bridgehead atoms. The Morgan fingerprint density at radius 1 is 0.968 bits per heavy atom. The van der Waals surface area contributed by atoms with Gasteiger partial charge in [-0.3, -0.25) is 9.78 Å². The number of unbranched alkanes of at least 4 members (excludes halogenated alkanes) is 3. The van der Waals surface area contributed by atoms with Crippen molar-refractivity contribution in [2.75, 3.05) is 12.4 Å². The molecule has 3 rings (SSSR count). The standard InChI is InChI=1S/C25H31N3O2S/c1-19-14-22(16-26-20(19)2)15-23-17-27-25(28-24(23)29)31-13-9-4-3-8-12-30-18-21-10-6-5-7-11-21/h5-7,10-11,14,16-17H,3-4,8-9,12-13,15,18H2,1-2H3,(H,27,28,29). The predicted molar refractivity (Wildman–Crippen MR) is 127 cm³/mol. The average molecular weight is 438 g/mol. The van der Waals surface area contributed by atoms with Gasteiger partial charge in [0.25, 0.3) is 5.56 Å². The fraction of sp³-hybridized carbons (Fsp3) is 0.400. The number of nitrogens with zero attached hydrogens (tertiary/aromatic N) is 2. The zero-order chi connectivity index (χ0) is 21.9. The second-order valence-electron chi connectivity index (χ2n) is 7.77. The highest BCUT2D eigenvalue weighted by atomic mass is 32.2. The van der Waals surface area contributed by atoms with Crippen molar-refractivity contribution in [3.05, 3.63) is 87.1 Å². The van der Waals surface area contributed by atoms with E-state index in [1.54, 1.807) is 18.0 Å². The molecule has 5 nitrogen and oxygen atoms in total. The maximum Gasteiger partial charge on any atom is 0.255 e. The second-order valence-corrected chi connectivity index (χ2v) is 8.85. The maximum atomic E-state index is 12.4. The highest BCUT2D eigenvalue weighted by Crippen LogP contribution is 2.15. The summed E-state index contributed by atoms with van der Waals surface area (Å²) in [6.45, 7) is 5.51. The fourth-order valence-electron chi connectivity index (χ4n) is 3.21. The largest absolute Gasteiger partial charge is 0.377 e. The fourth-order valence-corrected chi connectivity index (χ4v) is 4.05. The normalized spacial score (nSPS) is 11.0. The summed E-state index contributed by atoms with van der Waals surface area (Å²) in [5.74, 6) is 0.953. The number of rotatable bonds is 12. The van der Waals surface area contributed by atoms with Crippen LogP contribution in [0.25, 0.3) is 0 Å². The molecule has 31 heavy (non-hydrogen) atoms. The van der Waals surface area contributed by atoms with E-state index in [2.05, 4.69) is 33.2 Å². The number of nitrogens with one attached hydrogen (secondary N) is 1. The van der Waals surface area contributed by atoms with Crippen molar-refractivity contribution in [3.63, 3.8) is 0 Å². The maximum absolute atomic E-state index is 12.4. The van der Waals surface area contributed by atoms with Crippen LogP contribution in [0.2, 0.25) is 0 Å². The minimum absolute atomic E-state index is 0.0636.